The van der Waals surface area contributed by atoms with E-state index in [0.29, 0.717) is 19.3 Å². The highest BCUT2D eigenvalue weighted by Crippen LogP contribution is 2.32. The first-order chi connectivity index (χ1) is 11.7. The fourth-order valence-electron chi connectivity index (χ4n) is 2.31. The van der Waals surface area contributed by atoms with Gasteiger partial charge in [0, 0.05) is 26.7 Å². The van der Waals surface area contributed by atoms with Crippen LogP contribution in [0, 0.1) is 5.92 Å². The molecule has 0 amide bonds. The Morgan fingerprint density at radius 2 is 1.96 bits per heavy atom. The van der Waals surface area contributed by atoms with Crippen molar-refractivity contribution in [3.05, 3.63) is 23.8 Å². The van der Waals surface area contributed by atoms with Gasteiger partial charge < -0.3 is 24.8 Å². The first-order valence-corrected chi connectivity index (χ1v) is 8.60. The first-order valence-electron chi connectivity index (χ1n) is 8.60. The fraction of sp³-hybridized carbons (Fsp3) is 0.611. The van der Waals surface area contributed by atoms with Crippen LogP contribution in [-0.2, 0) is 11.2 Å². The number of nitrogens with one attached hydrogen (secondary N) is 2. The van der Waals surface area contributed by atoms with Gasteiger partial charge in [-0.2, -0.15) is 0 Å². The number of rotatable bonds is 9. The molecule has 1 heterocycles. The van der Waals surface area contributed by atoms with Crippen LogP contribution in [0.3, 0.4) is 0 Å². The maximum atomic E-state index is 5.58. The lowest BCUT2D eigenvalue weighted by Crippen LogP contribution is -2.39. The van der Waals surface area contributed by atoms with Crippen LogP contribution in [0.25, 0.3) is 0 Å². The molecule has 134 valence electrons. The van der Waals surface area contributed by atoms with Crippen LogP contribution in [-0.4, -0.2) is 46.1 Å². The summed E-state index contributed by atoms with van der Waals surface area (Å²) in [5, 5.41) is 6.56. The van der Waals surface area contributed by atoms with Gasteiger partial charge in [0.25, 0.3) is 0 Å². The third kappa shape index (κ3) is 6.28. The van der Waals surface area contributed by atoms with Gasteiger partial charge in [-0.05, 0) is 36.5 Å². The Morgan fingerprint density at radius 1 is 1.17 bits per heavy atom. The maximum Gasteiger partial charge on any atom is 0.231 e. The summed E-state index contributed by atoms with van der Waals surface area (Å²) in [6, 6.07) is 6.05. The quantitative estimate of drug-likeness (QED) is 0.411. The average molecular weight is 335 g/mol. The lowest BCUT2D eigenvalue weighted by atomic mass is 10.1. The molecule has 1 aliphatic rings. The molecule has 2 rings (SSSR count). The number of ether oxygens (including phenoxy) is 3. The van der Waals surface area contributed by atoms with Crippen LogP contribution in [0.1, 0.15) is 25.8 Å². The van der Waals surface area contributed by atoms with E-state index in [1.165, 1.54) is 5.56 Å². The van der Waals surface area contributed by atoms with E-state index in [1.54, 1.807) is 7.05 Å². The molecule has 0 bridgehead atoms. The molecule has 0 saturated heterocycles. The fourth-order valence-corrected chi connectivity index (χ4v) is 2.31. The second-order valence-electron chi connectivity index (χ2n) is 6.16. The van der Waals surface area contributed by atoms with E-state index in [1.807, 2.05) is 12.1 Å². The van der Waals surface area contributed by atoms with Crippen LogP contribution in [0.15, 0.2) is 23.2 Å². The van der Waals surface area contributed by atoms with Gasteiger partial charge >= 0.3 is 0 Å². The molecule has 6 nitrogen and oxygen atoms in total. The Labute approximate surface area is 144 Å². The zero-order chi connectivity index (χ0) is 17.2. The van der Waals surface area contributed by atoms with Gasteiger partial charge in [-0.25, -0.2) is 0 Å². The zero-order valence-electron chi connectivity index (χ0n) is 14.9. The summed E-state index contributed by atoms with van der Waals surface area (Å²) in [6.45, 7) is 7.77. The van der Waals surface area contributed by atoms with E-state index in [2.05, 4.69) is 35.5 Å². The molecule has 24 heavy (non-hydrogen) atoms. The Morgan fingerprint density at radius 3 is 2.75 bits per heavy atom. The number of hydrogen-bond donors (Lipinski definition) is 2. The summed E-state index contributed by atoms with van der Waals surface area (Å²) in [5.74, 6) is 3.13. The van der Waals surface area contributed by atoms with Gasteiger partial charge in [-0.15, -0.1) is 0 Å². The van der Waals surface area contributed by atoms with Crippen molar-refractivity contribution in [3.8, 4) is 11.5 Å². The van der Waals surface area contributed by atoms with Crippen molar-refractivity contribution in [2.24, 2.45) is 10.9 Å². The largest absolute Gasteiger partial charge is 0.454 e. The van der Waals surface area contributed by atoms with Gasteiger partial charge in [0.2, 0.25) is 6.79 Å². The highest BCUT2D eigenvalue weighted by atomic mass is 16.7. The SMILES string of the molecule is CN=C(NCCOCCC(C)C)NCCc1ccc2c(c1)OCO2. The molecule has 0 aromatic heterocycles. The Balaban J connectivity index is 1.60. The minimum atomic E-state index is 0.312. The standard InChI is InChI=1S/C18H29N3O3/c1-14(2)7-10-22-11-9-21-18(19-3)20-8-6-15-4-5-16-17(12-15)24-13-23-16/h4-5,12,14H,6-11,13H2,1-3H3,(H2,19,20,21). The molecule has 0 saturated carbocycles. The van der Waals surface area contributed by atoms with Crippen molar-refractivity contribution in [2.45, 2.75) is 26.7 Å². The summed E-state index contributed by atoms with van der Waals surface area (Å²) in [5.41, 5.74) is 1.21. The van der Waals surface area contributed by atoms with Crippen LogP contribution < -0.4 is 20.1 Å². The van der Waals surface area contributed by atoms with Crippen molar-refractivity contribution in [2.75, 3.05) is 40.1 Å². The molecular formula is C18H29N3O3. The Hall–Kier alpha value is -1.95. The van der Waals surface area contributed by atoms with Crippen molar-refractivity contribution in [1.82, 2.24) is 10.6 Å². The molecule has 1 aliphatic heterocycles. The number of hydrogen-bond acceptors (Lipinski definition) is 4. The highest BCUT2D eigenvalue weighted by molar-refractivity contribution is 5.79. The first kappa shape index (κ1) is 18.4. The third-order valence-electron chi connectivity index (χ3n) is 3.75. The second kappa shape index (κ2) is 10.0. The number of fused-ring (bicyclic) bond motifs is 1. The summed E-state index contributed by atoms with van der Waals surface area (Å²) < 4.78 is 16.3. The molecule has 0 fully saturated rings. The molecule has 0 unspecified atom stereocenters. The number of nitrogens with zero attached hydrogens (tertiary/aromatic N) is 1. The normalized spacial score (nSPS) is 13.4. The number of benzene rings is 1. The van der Waals surface area contributed by atoms with Crippen LogP contribution >= 0.6 is 0 Å². The van der Waals surface area contributed by atoms with Gasteiger partial charge in [0.05, 0.1) is 6.61 Å². The van der Waals surface area contributed by atoms with Crippen LogP contribution in [0.5, 0.6) is 11.5 Å². The molecule has 6 heteroatoms. The minimum Gasteiger partial charge on any atom is -0.454 e. The van der Waals surface area contributed by atoms with Crippen LogP contribution in [0.2, 0.25) is 0 Å². The van der Waals surface area contributed by atoms with E-state index in [-0.39, 0.29) is 0 Å². The molecular weight excluding hydrogens is 306 g/mol. The summed E-state index contributed by atoms with van der Waals surface area (Å²) >= 11 is 0. The molecule has 0 aliphatic carbocycles. The van der Waals surface area contributed by atoms with Crippen LogP contribution in [0.4, 0.5) is 0 Å². The highest BCUT2D eigenvalue weighted by Gasteiger charge is 2.12. The smallest absolute Gasteiger partial charge is 0.231 e. The molecule has 0 radical (unpaired) electrons. The second-order valence-corrected chi connectivity index (χ2v) is 6.16. The van der Waals surface area contributed by atoms with E-state index < -0.39 is 0 Å². The van der Waals surface area contributed by atoms with E-state index in [9.17, 15) is 0 Å². The topological polar surface area (TPSA) is 64.1 Å². The monoisotopic (exact) mass is 335 g/mol. The molecule has 2 N–H and O–H groups in total. The van der Waals surface area contributed by atoms with E-state index in [0.717, 1.165) is 50.0 Å². The Kier molecular flexibility index (Phi) is 7.68. The summed E-state index contributed by atoms with van der Waals surface area (Å²) in [7, 11) is 1.77. The van der Waals surface area contributed by atoms with Crippen molar-refractivity contribution >= 4 is 5.96 Å². The lowest BCUT2D eigenvalue weighted by molar-refractivity contribution is 0.128. The van der Waals surface area contributed by atoms with Gasteiger partial charge in [-0.3, -0.25) is 4.99 Å². The molecule has 0 atom stereocenters. The average Bonchev–Trinajstić information content (AvgIpc) is 3.03. The minimum absolute atomic E-state index is 0.312. The molecule has 0 spiro atoms. The van der Waals surface area contributed by atoms with E-state index >= 15 is 0 Å². The summed E-state index contributed by atoms with van der Waals surface area (Å²) in [4.78, 5) is 4.22. The van der Waals surface area contributed by atoms with Gasteiger partial charge in [0.15, 0.2) is 17.5 Å². The number of guanidine groups is 1. The lowest BCUT2D eigenvalue weighted by Gasteiger charge is -2.12. The third-order valence-corrected chi connectivity index (χ3v) is 3.75. The molecule has 1 aromatic rings. The zero-order valence-corrected chi connectivity index (χ0v) is 14.9. The Bertz CT molecular complexity index is 532. The van der Waals surface area contributed by atoms with Crippen molar-refractivity contribution in [1.29, 1.82) is 0 Å². The summed E-state index contributed by atoms with van der Waals surface area (Å²) in [6.07, 6.45) is 1.99. The van der Waals surface area contributed by atoms with Crippen molar-refractivity contribution < 1.29 is 14.2 Å². The van der Waals surface area contributed by atoms with Gasteiger partial charge in [-0.1, -0.05) is 19.9 Å². The predicted octanol–water partition coefficient (Wildman–Crippen LogP) is 2.19. The van der Waals surface area contributed by atoms with Crippen molar-refractivity contribution in [3.63, 3.8) is 0 Å². The molecule has 1 aromatic carbocycles. The van der Waals surface area contributed by atoms with E-state index in [4.69, 9.17) is 14.2 Å². The maximum absolute atomic E-state index is 5.58. The predicted molar refractivity (Wildman–Crippen MR) is 95.9 cm³/mol. The number of aliphatic imine (C=N–C) groups is 1. The van der Waals surface area contributed by atoms with Gasteiger partial charge in [0.1, 0.15) is 0 Å².